The van der Waals surface area contributed by atoms with Gasteiger partial charge in [-0.15, -0.1) is 0 Å². The van der Waals surface area contributed by atoms with Gasteiger partial charge >= 0.3 is 12.1 Å². The molecule has 0 saturated heterocycles. The summed E-state index contributed by atoms with van der Waals surface area (Å²) in [5, 5.41) is 0.470. The van der Waals surface area contributed by atoms with Crippen LogP contribution in [0, 0.1) is 0 Å². The fourth-order valence-corrected chi connectivity index (χ4v) is 2.25. The minimum Gasteiger partial charge on any atom is -0.469 e. The van der Waals surface area contributed by atoms with Crippen LogP contribution in [0.1, 0.15) is 23.2 Å². The normalized spacial score (nSPS) is 11.3. The van der Waals surface area contributed by atoms with Crippen molar-refractivity contribution in [2.24, 2.45) is 0 Å². The largest absolute Gasteiger partial charge is 0.514 e. The van der Waals surface area contributed by atoms with Gasteiger partial charge in [-0.2, -0.15) is 0 Å². The van der Waals surface area contributed by atoms with E-state index in [4.69, 9.17) is 21.1 Å². The van der Waals surface area contributed by atoms with E-state index >= 15 is 0 Å². The van der Waals surface area contributed by atoms with Crippen LogP contribution in [0.2, 0.25) is 5.02 Å². The van der Waals surface area contributed by atoms with Crippen LogP contribution in [0.3, 0.4) is 0 Å². The lowest BCUT2D eigenvalue weighted by Gasteiger charge is -2.16. The predicted octanol–water partition coefficient (Wildman–Crippen LogP) is 4.06. The molecule has 6 nitrogen and oxygen atoms in total. The number of ketones is 1. The van der Waals surface area contributed by atoms with Crippen LogP contribution in [-0.2, 0) is 14.3 Å². The van der Waals surface area contributed by atoms with Crippen LogP contribution in [0.5, 0.6) is 5.75 Å². The number of carbonyl (C=O) groups is 3. The summed E-state index contributed by atoms with van der Waals surface area (Å²) in [5.74, 6) is -0.697. The lowest BCUT2D eigenvalue weighted by molar-refractivity contribution is -0.141. The topological polar surface area (TPSA) is 78.9 Å². The van der Waals surface area contributed by atoms with Crippen LogP contribution in [0.25, 0.3) is 0 Å². The Morgan fingerprint density at radius 2 is 1.65 bits per heavy atom. The number of para-hydroxylation sites is 1. The van der Waals surface area contributed by atoms with E-state index in [0.29, 0.717) is 10.6 Å². The molecule has 2 rings (SSSR count). The van der Waals surface area contributed by atoms with E-state index in [0.717, 1.165) is 0 Å². The summed E-state index contributed by atoms with van der Waals surface area (Å²) in [7, 11) is 1.24. The second kappa shape index (κ2) is 9.58. The molecule has 0 N–H and O–H groups in total. The number of rotatable bonds is 7. The molecule has 0 aliphatic carbocycles. The number of carbonyl (C=O) groups excluding carboxylic acids is 3. The van der Waals surface area contributed by atoms with Crippen molar-refractivity contribution in [3.05, 3.63) is 65.2 Å². The van der Waals surface area contributed by atoms with Crippen LogP contribution < -0.4 is 4.74 Å². The van der Waals surface area contributed by atoms with E-state index in [-0.39, 0.29) is 18.6 Å². The molecule has 1 unspecified atom stereocenters. The third kappa shape index (κ3) is 5.89. The van der Waals surface area contributed by atoms with Crippen molar-refractivity contribution < 1.29 is 28.6 Å². The van der Waals surface area contributed by atoms with Gasteiger partial charge in [-0.1, -0.05) is 29.8 Å². The standard InChI is InChI=1S/C19H17ClO6/c1-24-17(21)12-11-16(18(22)13-7-9-14(20)10-8-13)26-19(23)25-15-5-3-2-4-6-15/h2-10,16H,11-12H2,1H3. The molecule has 136 valence electrons. The fourth-order valence-electron chi connectivity index (χ4n) is 2.12. The summed E-state index contributed by atoms with van der Waals surface area (Å²) in [5.41, 5.74) is 0.303. The van der Waals surface area contributed by atoms with Crippen LogP contribution in [-0.4, -0.2) is 31.1 Å². The number of benzene rings is 2. The lowest BCUT2D eigenvalue weighted by atomic mass is 10.0. The number of ether oxygens (including phenoxy) is 3. The van der Waals surface area contributed by atoms with E-state index in [1.807, 2.05) is 0 Å². The first-order valence-corrected chi connectivity index (χ1v) is 8.17. The predicted molar refractivity (Wildman–Crippen MR) is 94.4 cm³/mol. The number of esters is 1. The molecule has 0 bridgehead atoms. The smallest absolute Gasteiger partial charge is 0.469 e. The second-order valence-electron chi connectivity index (χ2n) is 5.26. The number of methoxy groups -OCH3 is 1. The van der Waals surface area contributed by atoms with Gasteiger partial charge < -0.3 is 14.2 Å². The Morgan fingerprint density at radius 1 is 1.00 bits per heavy atom. The molecule has 0 fully saturated rings. The Balaban J connectivity index is 2.09. The maximum atomic E-state index is 12.6. The summed E-state index contributed by atoms with van der Waals surface area (Å²) in [6.45, 7) is 0. The summed E-state index contributed by atoms with van der Waals surface area (Å²) >= 11 is 5.81. The van der Waals surface area contributed by atoms with Crippen LogP contribution >= 0.6 is 11.6 Å². The molecule has 0 radical (unpaired) electrons. The fraction of sp³-hybridized carbons (Fsp3) is 0.211. The monoisotopic (exact) mass is 376 g/mol. The first-order chi connectivity index (χ1) is 12.5. The summed E-state index contributed by atoms with van der Waals surface area (Å²) in [6.07, 6.45) is -2.34. The quantitative estimate of drug-likeness (QED) is 0.412. The van der Waals surface area contributed by atoms with Gasteiger partial charge in [0.15, 0.2) is 6.10 Å². The molecule has 2 aromatic rings. The molecule has 7 heteroatoms. The number of hydrogen-bond acceptors (Lipinski definition) is 6. The third-order valence-corrected chi connectivity index (χ3v) is 3.69. The van der Waals surface area contributed by atoms with E-state index in [9.17, 15) is 14.4 Å². The maximum Gasteiger partial charge on any atom is 0.514 e. The summed E-state index contributed by atoms with van der Waals surface area (Å²) < 4.78 is 14.7. The van der Waals surface area contributed by atoms with Crippen molar-refractivity contribution in [1.29, 1.82) is 0 Å². The molecule has 0 spiro atoms. The Morgan fingerprint density at radius 3 is 2.27 bits per heavy atom. The van der Waals surface area contributed by atoms with E-state index < -0.39 is 24.0 Å². The van der Waals surface area contributed by atoms with Gasteiger partial charge in [0.25, 0.3) is 0 Å². The van der Waals surface area contributed by atoms with Gasteiger partial charge in [0, 0.05) is 23.4 Å². The molecule has 1 atom stereocenters. The van der Waals surface area contributed by atoms with Crippen molar-refractivity contribution in [3.8, 4) is 5.75 Å². The van der Waals surface area contributed by atoms with Crippen molar-refractivity contribution >= 4 is 29.5 Å². The highest BCUT2D eigenvalue weighted by atomic mass is 35.5. The molecular weight excluding hydrogens is 360 g/mol. The van der Waals surface area contributed by atoms with E-state index in [1.54, 1.807) is 42.5 Å². The Kier molecular flexibility index (Phi) is 7.17. The summed E-state index contributed by atoms with van der Waals surface area (Å²) in [6, 6.07) is 14.4. The average Bonchev–Trinajstić information content (AvgIpc) is 2.65. The average molecular weight is 377 g/mol. The zero-order valence-electron chi connectivity index (χ0n) is 14.0. The molecular formula is C19H17ClO6. The van der Waals surface area contributed by atoms with Crippen LogP contribution in [0.15, 0.2) is 54.6 Å². The van der Waals surface area contributed by atoms with Gasteiger partial charge in [0.1, 0.15) is 5.75 Å². The van der Waals surface area contributed by atoms with Crippen molar-refractivity contribution in [1.82, 2.24) is 0 Å². The Hall–Kier alpha value is -2.86. The maximum absolute atomic E-state index is 12.6. The highest BCUT2D eigenvalue weighted by Crippen LogP contribution is 2.17. The highest BCUT2D eigenvalue weighted by Gasteiger charge is 2.26. The lowest BCUT2D eigenvalue weighted by Crippen LogP contribution is -2.29. The first kappa shape index (κ1) is 19.5. The zero-order chi connectivity index (χ0) is 18.9. The van der Waals surface area contributed by atoms with Gasteiger partial charge in [0.05, 0.1) is 7.11 Å². The molecule has 0 saturated carbocycles. The van der Waals surface area contributed by atoms with Crippen molar-refractivity contribution in [2.75, 3.05) is 7.11 Å². The number of hydrogen-bond donors (Lipinski definition) is 0. The minimum absolute atomic E-state index is 0.0297. The van der Waals surface area contributed by atoms with Gasteiger partial charge in [-0.3, -0.25) is 9.59 Å². The van der Waals surface area contributed by atoms with Gasteiger partial charge in [-0.05, 0) is 36.4 Å². The third-order valence-electron chi connectivity index (χ3n) is 3.44. The zero-order valence-corrected chi connectivity index (χ0v) is 14.8. The summed E-state index contributed by atoms with van der Waals surface area (Å²) in [4.78, 5) is 36.0. The molecule has 0 aromatic heterocycles. The van der Waals surface area contributed by atoms with Gasteiger partial charge in [-0.25, -0.2) is 4.79 Å². The minimum atomic E-state index is -1.19. The van der Waals surface area contributed by atoms with Crippen molar-refractivity contribution in [3.63, 3.8) is 0 Å². The van der Waals surface area contributed by atoms with Crippen molar-refractivity contribution in [2.45, 2.75) is 18.9 Å². The van der Waals surface area contributed by atoms with Crippen LogP contribution in [0.4, 0.5) is 4.79 Å². The first-order valence-electron chi connectivity index (χ1n) is 7.79. The van der Waals surface area contributed by atoms with E-state index in [2.05, 4.69) is 4.74 Å². The Bertz CT molecular complexity index is 757. The molecule has 26 heavy (non-hydrogen) atoms. The number of Topliss-reactive ketones (excluding diaryl/α,β-unsaturated/α-hetero) is 1. The van der Waals surface area contributed by atoms with Gasteiger partial charge in [0.2, 0.25) is 5.78 Å². The molecule has 0 heterocycles. The second-order valence-corrected chi connectivity index (χ2v) is 5.69. The van der Waals surface area contributed by atoms with E-state index in [1.165, 1.54) is 19.2 Å². The molecule has 0 aliphatic rings. The molecule has 2 aromatic carbocycles. The highest BCUT2D eigenvalue weighted by molar-refractivity contribution is 6.30. The number of halogens is 1. The SMILES string of the molecule is COC(=O)CCC(OC(=O)Oc1ccccc1)C(=O)c1ccc(Cl)cc1. The Labute approximate surface area is 155 Å². The molecule has 0 aliphatic heterocycles. The molecule has 0 amide bonds.